The van der Waals surface area contributed by atoms with E-state index >= 15 is 0 Å². The summed E-state index contributed by atoms with van der Waals surface area (Å²) < 4.78 is 16.1. The first kappa shape index (κ1) is 20.5. The van der Waals surface area contributed by atoms with Crippen molar-refractivity contribution >= 4 is 17.3 Å². The van der Waals surface area contributed by atoms with Crippen molar-refractivity contribution in [2.75, 3.05) is 50.7 Å². The summed E-state index contributed by atoms with van der Waals surface area (Å²) in [5, 5.41) is 3.00. The molecule has 30 heavy (non-hydrogen) atoms. The van der Waals surface area contributed by atoms with Crippen LogP contribution >= 0.6 is 0 Å². The molecular formula is C22H28N4O4. The molecule has 3 N–H and O–H groups in total. The molecule has 1 amide bonds. The lowest BCUT2D eigenvalue weighted by Crippen LogP contribution is -2.39. The number of hydrogen-bond donors (Lipinski definition) is 3. The number of hydrazine groups is 1. The van der Waals surface area contributed by atoms with E-state index in [1.807, 2.05) is 42.5 Å². The van der Waals surface area contributed by atoms with Crippen LogP contribution in [0.1, 0.15) is 18.0 Å². The minimum Gasteiger partial charge on any atom is -0.497 e. The number of hydrogen-bond acceptors (Lipinski definition) is 7. The fourth-order valence-electron chi connectivity index (χ4n) is 3.84. The Kier molecular flexibility index (Phi) is 6.37. The van der Waals surface area contributed by atoms with E-state index in [2.05, 4.69) is 21.1 Å². The van der Waals surface area contributed by atoms with E-state index < -0.39 is 0 Å². The monoisotopic (exact) mass is 412 g/mol. The van der Waals surface area contributed by atoms with Gasteiger partial charge in [-0.1, -0.05) is 6.07 Å². The van der Waals surface area contributed by atoms with E-state index in [0.29, 0.717) is 6.42 Å². The number of anilines is 2. The van der Waals surface area contributed by atoms with Gasteiger partial charge in [0.2, 0.25) is 5.91 Å². The fourth-order valence-corrected chi connectivity index (χ4v) is 3.84. The van der Waals surface area contributed by atoms with E-state index in [9.17, 15) is 4.79 Å². The summed E-state index contributed by atoms with van der Waals surface area (Å²) in [7, 11) is 3.25. The van der Waals surface area contributed by atoms with E-state index in [4.69, 9.17) is 14.2 Å². The van der Waals surface area contributed by atoms with Gasteiger partial charge in [-0.15, -0.1) is 0 Å². The van der Waals surface area contributed by atoms with Gasteiger partial charge in [0, 0.05) is 36.1 Å². The number of nitrogens with one attached hydrogen (secondary N) is 3. The molecular weight excluding hydrogens is 384 g/mol. The highest BCUT2D eigenvalue weighted by Crippen LogP contribution is 2.33. The summed E-state index contributed by atoms with van der Waals surface area (Å²) in [6.45, 7) is 3.27. The summed E-state index contributed by atoms with van der Waals surface area (Å²) >= 11 is 0. The molecule has 2 unspecified atom stereocenters. The molecule has 2 saturated heterocycles. The second-order valence-electron chi connectivity index (χ2n) is 7.37. The first-order chi connectivity index (χ1) is 14.7. The second-order valence-corrected chi connectivity index (χ2v) is 7.37. The lowest BCUT2D eigenvalue weighted by molar-refractivity contribution is -0.117. The van der Waals surface area contributed by atoms with Crippen LogP contribution in [0.3, 0.4) is 0 Å². The SMILES string of the molecule is COc1ccc(C2CC(C(=O)Nc3ccc(N4CCOCC4)cc3)NN2)c(OC)c1. The molecule has 8 nitrogen and oxygen atoms in total. The van der Waals surface area contributed by atoms with Crippen molar-refractivity contribution in [1.82, 2.24) is 10.9 Å². The molecule has 2 aromatic rings. The molecule has 0 saturated carbocycles. The van der Waals surface area contributed by atoms with Crippen molar-refractivity contribution in [2.45, 2.75) is 18.5 Å². The van der Waals surface area contributed by atoms with E-state index in [1.165, 1.54) is 0 Å². The molecule has 0 aliphatic carbocycles. The maximum atomic E-state index is 12.7. The average Bonchev–Trinajstić information content (AvgIpc) is 3.30. The lowest BCUT2D eigenvalue weighted by atomic mass is 10.0. The Hall–Kier alpha value is -2.81. The molecule has 0 bridgehead atoms. The van der Waals surface area contributed by atoms with E-state index in [1.54, 1.807) is 14.2 Å². The maximum absolute atomic E-state index is 12.7. The molecule has 2 aromatic carbocycles. The van der Waals surface area contributed by atoms with Crippen LogP contribution in [-0.4, -0.2) is 52.5 Å². The number of ether oxygens (including phenoxy) is 3. The zero-order chi connectivity index (χ0) is 20.9. The lowest BCUT2D eigenvalue weighted by Gasteiger charge is -2.28. The normalized spacial score (nSPS) is 21.3. The van der Waals surface area contributed by atoms with Crippen LogP contribution in [0.25, 0.3) is 0 Å². The summed E-state index contributed by atoms with van der Waals surface area (Å²) in [5.74, 6) is 1.39. The average molecular weight is 412 g/mol. The number of benzene rings is 2. The van der Waals surface area contributed by atoms with Crippen LogP contribution in [0.4, 0.5) is 11.4 Å². The molecule has 0 radical (unpaired) electrons. The summed E-state index contributed by atoms with van der Waals surface area (Å²) in [6, 6.07) is 13.3. The number of amides is 1. The van der Waals surface area contributed by atoms with Crippen molar-refractivity contribution in [3.05, 3.63) is 48.0 Å². The molecule has 2 fully saturated rings. The molecule has 2 atom stereocenters. The number of carbonyl (C=O) groups excluding carboxylic acids is 1. The Labute approximate surface area is 176 Å². The van der Waals surface area contributed by atoms with Gasteiger partial charge in [0.25, 0.3) is 0 Å². The number of nitrogens with zero attached hydrogens (tertiary/aromatic N) is 1. The molecule has 0 aromatic heterocycles. The largest absolute Gasteiger partial charge is 0.497 e. The minimum atomic E-state index is -0.347. The first-order valence-corrected chi connectivity index (χ1v) is 10.1. The van der Waals surface area contributed by atoms with Gasteiger partial charge >= 0.3 is 0 Å². The molecule has 2 aliphatic rings. The van der Waals surface area contributed by atoms with Crippen LogP contribution in [0, 0.1) is 0 Å². The number of methoxy groups -OCH3 is 2. The standard InChI is InChI=1S/C22H28N4O4/c1-28-17-7-8-18(21(13-17)29-2)19-14-20(25-24-19)22(27)23-15-3-5-16(6-4-15)26-9-11-30-12-10-26/h3-8,13,19-20,24-25H,9-12,14H2,1-2H3,(H,23,27). The number of rotatable bonds is 6. The summed E-state index contributed by atoms with van der Waals surface area (Å²) in [5.41, 5.74) is 9.21. The van der Waals surface area contributed by atoms with Crippen molar-refractivity contribution in [2.24, 2.45) is 0 Å². The summed E-state index contributed by atoms with van der Waals surface area (Å²) in [4.78, 5) is 15.0. The topological polar surface area (TPSA) is 84.1 Å². The van der Waals surface area contributed by atoms with Gasteiger partial charge in [0.15, 0.2) is 0 Å². The van der Waals surface area contributed by atoms with Gasteiger partial charge in [-0.3, -0.25) is 4.79 Å². The van der Waals surface area contributed by atoms with Gasteiger partial charge in [-0.25, -0.2) is 10.9 Å². The van der Waals surface area contributed by atoms with Crippen molar-refractivity contribution < 1.29 is 19.0 Å². The van der Waals surface area contributed by atoms with Gasteiger partial charge in [-0.2, -0.15) is 0 Å². The predicted octanol–water partition coefficient (Wildman–Crippen LogP) is 2.09. The Balaban J connectivity index is 1.36. The van der Waals surface area contributed by atoms with Crippen molar-refractivity contribution in [3.63, 3.8) is 0 Å². The molecule has 2 heterocycles. The highest BCUT2D eigenvalue weighted by Gasteiger charge is 2.31. The zero-order valence-electron chi connectivity index (χ0n) is 17.3. The van der Waals surface area contributed by atoms with Gasteiger partial charge in [0.05, 0.1) is 33.5 Å². The van der Waals surface area contributed by atoms with Gasteiger partial charge in [-0.05, 0) is 36.8 Å². The Morgan fingerprint density at radius 3 is 2.53 bits per heavy atom. The number of morpholine rings is 1. The van der Waals surface area contributed by atoms with Crippen LogP contribution in [-0.2, 0) is 9.53 Å². The fraction of sp³-hybridized carbons (Fsp3) is 0.409. The second kappa shape index (κ2) is 9.34. The van der Waals surface area contributed by atoms with E-state index in [0.717, 1.165) is 54.7 Å². The molecule has 0 spiro atoms. The van der Waals surface area contributed by atoms with Crippen molar-refractivity contribution in [1.29, 1.82) is 0 Å². The Morgan fingerprint density at radius 1 is 1.07 bits per heavy atom. The van der Waals surface area contributed by atoms with Crippen LogP contribution < -0.4 is 30.5 Å². The highest BCUT2D eigenvalue weighted by atomic mass is 16.5. The van der Waals surface area contributed by atoms with Crippen LogP contribution in [0.5, 0.6) is 11.5 Å². The zero-order valence-corrected chi connectivity index (χ0v) is 17.3. The minimum absolute atomic E-state index is 0.0368. The molecule has 8 heteroatoms. The smallest absolute Gasteiger partial charge is 0.242 e. The number of carbonyl (C=O) groups is 1. The quantitative estimate of drug-likeness (QED) is 0.670. The third-order valence-electron chi connectivity index (χ3n) is 5.55. The Bertz CT molecular complexity index is 868. The van der Waals surface area contributed by atoms with Crippen molar-refractivity contribution in [3.8, 4) is 11.5 Å². The predicted molar refractivity (Wildman–Crippen MR) is 115 cm³/mol. The highest BCUT2D eigenvalue weighted by molar-refractivity contribution is 5.95. The van der Waals surface area contributed by atoms with Gasteiger partial charge in [0.1, 0.15) is 17.5 Å². The van der Waals surface area contributed by atoms with E-state index in [-0.39, 0.29) is 18.0 Å². The maximum Gasteiger partial charge on any atom is 0.242 e. The molecule has 2 aliphatic heterocycles. The molecule has 160 valence electrons. The van der Waals surface area contributed by atoms with Gasteiger partial charge < -0.3 is 24.4 Å². The Morgan fingerprint density at radius 2 is 1.83 bits per heavy atom. The summed E-state index contributed by atoms with van der Waals surface area (Å²) in [6.07, 6.45) is 0.611. The first-order valence-electron chi connectivity index (χ1n) is 10.1. The third kappa shape index (κ3) is 4.51. The third-order valence-corrected chi connectivity index (χ3v) is 5.55. The molecule has 4 rings (SSSR count). The van der Waals surface area contributed by atoms with Crippen LogP contribution in [0.2, 0.25) is 0 Å². The van der Waals surface area contributed by atoms with Crippen LogP contribution in [0.15, 0.2) is 42.5 Å².